The van der Waals surface area contributed by atoms with Gasteiger partial charge in [-0.25, -0.2) is 0 Å². The Morgan fingerprint density at radius 1 is 1.00 bits per heavy atom. The van der Waals surface area contributed by atoms with Gasteiger partial charge in [0.05, 0.1) is 17.0 Å². The van der Waals surface area contributed by atoms with E-state index in [1.54, 1.807) is 12.1 Å². The van der Waals surface area contributed by atoms with Gasteiger partial charge in [0.15, 0.2) is 0 Å². The highest BCUT2D eigenvalue weighted by atomic mass is 16.2. The number of rotatable bonds is 4. The van der Waals surface area contributed by atoms with E-state index in [-0.39, 0.29) is 41.8 Å². The summed E-state index contributed by atoms with van der Waals surface area (Å²) in [6.45, 7) is 3.09. The fourth-order valence-corrected chi connectivity index (χ4v) is 5.38. The van der Waals surface area contributed by atoms with Crippen molar-refractivity contribution in [3.8, 4) is 0 Å². The Morgan fingerprint density at radius 2 is 1.82 bits per heavy atom. The molecule has 4 heterocycles. The van der Waals surface area contributed by atoms with Crippen molar-refractivity contribution in [1.82, 2.24) is 20.9 Å². The first kappa shape index (κ1) is 22.5. The maximum absolute atomic E-state index is 13.1. The molecule has 3 atom stereocenters. The third kappa shape index (κ3) is 4.18. The standard InChI is InChI=1S/C24H29N5O5/c30-20-8-7-19(22(32)27-20)29-23(33)17-6-5-16(11-18(17)24(29)34)28-10-2-4-15(13-28)26-21(31)14-3-1-9-25-12-14/h5-6,11,14-15,19,25H,1-4,7-10,12-13H2,(H,26,31)(H,27,30,32). The molecule has 180 valence electrons. The molecule has 5 amide bonds. The normalized spacial score (nSPS) is 27.5. The lowest BCUT2D eigenvalue weighted by atomic mass is 9.97. The summed E-state index contributed by atoms with van der Waals surface area (Å²) < 4.78 is 0. The largest absolute Gasteiger partial charge is 0.369 e. The number of imide groups is 2. The van der Waals surface area contributed by atoms with Crippen LogP contribution in [0.3, 0.4) is 0 Å². The zero-order chi connectivity index (χ0) is 23.8. The zero-order valence-corrected chi connectivity index (χ0v) is 19.0. The molecule has 4 aliphatic rings. The van der Waals surface area contributed by atoms with Gasteiger partial charge in [-0.3, -0.25) is 34.2 Å². The van der Waals surface area contributed by atoms with Crippen molar-refractivity contribution in [3.05, 3.63) is 29.3 Å². The number of amides is 5. The van der Waals surface area contributed by atoms with Crippen LogP contribution in [0, 0.1) is 5.92 Å². The molecule has 0 spiro atoms. The van der Waals surface area contributed by atoms with Gasteiger partial charge in [0, 0.05) is 37.8 Å². The van der Waals surface area contributed by atoms with Crippen LogP contribution in [0.5, 0.6) is 0 Å². The molecule has 0 radical (unpaired) electrons. The topological polar surface area (TPSA) is 128 Å². The first-order chi connectivity index (χ1) is 16.4. The number of nitrogens with zero attached hydrogens (tertiary/aromatic N) is 2. The Morgan fingerprint density at radius 3 is 2.59 bits per heavy atom. The molecule has 0 aromatic heterocycles. The highest BCUT2D eigenvalue weighted by molar-refractivity contribution is 6.23. The molecule has 3 N–H and O–H groups in total. The maximum atomic E-state index is 13.1. The van der Waals surface area contributed by atoms with Crippen LogP contribution < -0.4 is 20.9 Å². The molecule has 3 fully saturated rings. The first-order valence-corrected chi connectivity index (χ1v) is 12.0. The summed E-state index contributed by atoms with van der Waals surface area (Å²) in [5, 5.41) is 8.68. The van der Waals surface area contributed by atoms with E-state index < -0.39 is 29.7 Å². The highest BCUT2D eigenvalue weighted by Crippen LogP contribution is 2.31. The first-order valence-electron chi connectivity index (χ1n) is 12.0. The molecule has 3 unspecified atom stereocenters. The molecule has 1 aromatic rings. The van der Waals surface area contributed by atoms with Gasteiger partial charge in [-0.05, 0) is 56.8 Å². The van der Waals surface area contributed by atoms with E-state index in [0.717, 1.165) is 49.4 Å². The quantitative estimate of drug-likeness (QED) is 0.539. The maximum Gasteiger partial charge on any atom is 0.262 e. The van der Waals surface area contributed by atoms with Gasteiger partial charge in [-0.15, -0.1) is 0 Å². The summed E-state index contributed by atoms with van der Waals surface area (Å²) in [6.07, 6.45) is 3.93. The van der Waals surface area contributed by atoms with Crippen LogP contribution in [0.1, 0.15) is 59.2 Å². The van der Waals surface area contributed by atoms with E-state index in [4.69, 9.17) is 0 Å². The second-order valence-electron chi connectivity index (χ2n) is 9.51. The lowest BCUT2D eigenvalue weighted by Crippen LogP contribution is -2.54. The van der Waals surface area contributed by atoms with Crippen LogP contribution in [0.25, 0.3) is 0 Å². The van der Waals surface area contributed by atoms with Gasteiger partial charge in [-0.2, -0.15) is 0 Å². The predicted molar refractivity (Wildman–Crippen MR) is 122 cm³/mol. The Hall–Kier alpha value is -3.27. The second kappa shape index (κ2) is 9.17. The third-order valence-electron chi connectivity index (χ3n) is 7.22. The van der Waals surface area contributed by atoms with Crippen LogP contribution in [-0.4, -0.2) is 72.7 Å². The van der Waals surface area contributed by atoms with Crippen LogP contribution >= 0.6 is 0 Å². The summed E-state index contributed by atoms with van der Waals surface area (Å²) in [7, 11) is 0. The fourth-order valence-electron chi connectivity index (χ4n) is 5.38. The Labute approximate surface area is 197 Å². The number of carbonyl (C=O) groups is 5. The van der Waals surface area contributed by atoms with Crippen molar-refractivity contribution in [3.63, 3.8) is 0 Å². The molecule has 0 saturated carbocycles. The van der Waals surface area contributed by atoms with Gasteiger partial charge in [0.1, 0.15) is 6.04 Å². The number of benzene rings is 1. The number of fused-ring (bicyclic) bond motifs is 1. The smallest absolute Gasteiger partial charge is 0.262 e. The minimum Gasteiger partial charge on any atom is -0.369 e. The monoisotopic (exact) mass is 467 g/mol. The second-order valence-corrected chi connectivity index (χ2v) is 9.51. The van der Waals surface area contributed by atoms with Crippen molar-refractivity contribution in [1.29, 1.82) is 0 Å². The van der Waals surface area contributed by atoms with Crippen LogP contribution in [0.4, 0.5) is 5.69 Å². The van der Waals surface area contributed by atoms with Gasteiger partial charge < -0.3 is 15.5 Å². The average Bonchev–Trinajstić information content (AvgIpc) is 3.09. The lowest BCUT2D eigenvalue weighted by molar-refractivity contribution is -0.136. The third-order valence-corrected chi connectivity index (χ3v) is 7.22. The van der Waals surface area contributed by atoms with Gasteiger partial charge in [-0.1, -0.05) is 0 Å². The average molecular weight is 468 g/mol. The molecular weight excluding hydrogens is 438 g/mol. The lowest BCUT2D eigenvalue weighted by Gasteiger charge is -2.36. The fraction of sp³-hybridized carbons (Fsp3) is 0.542. The molecule has 4 aliphatic heterocycles. The summed E-state index contributed by atoms with van der Waals surface area (Å²) >= 11 is 0. The number of piperidine rings is 3. The van der Waals surface area contributed by atoms with Crippen molar-refractivity contribution >= 4 is 35.2 Å². The van der Waals surface area contributed by atoms with Gasteiger partial charge in [0.25, 0.3) is 11.8 Å². The number of anilines is 1. The molecule has 5 rings (SSSR count). The molecular formula is C24H29N5O5. The van der Waals surface area contributed by atoms with Gasteiger partial charge in [0.2, 0.25) is 17.7 Å². The van der Waals surface area contributed by atoms with Crippen molar-refractivity contribution < 1.29 is 24.0 Å². The molecule has 1 aromatic carbocycles. The summed E-state index contributed by atoms with van der Waals surface area (Å²) in [5.41, 5.74) is 1.35. The summed E-state index contributed by atoms with van der Waals surface area (Å²) in [4.78, 5) is 65.5. The number of hydrogen-bond acceptors (Lipinski definition) is 7. The van der Waals surface area contributed by atoms with Crippen LogP contribution in [0.2, 0.25) is 0 Å². The van der Waals surface area contributed by atoms with Gasteiger partial charge >= 0.3 is 0 Å². The van der Waals surface area contributed by atoms with Crippen LogP contribution in [-0.2, 0) is 14.4 Å². The predicted octanol–water partition coefficient (Wildman–Crippen LogP) is 0.172. The molecule has 0 aliphatic carbocycles. The molecule has 10 heteroatoms. The molecule has 34 heavy (non-hydrogen) atoms. The minimum absolute atomic E-state index is 0.00557. The van der Waals surface area contributed by atoms with Crippen LogP contribution in [0.15, 0.2) is 18.2 Å². The Kier molecular flexibility index (Phi) is 6.07. The minimum atomic E-state index is -0.975. The van der Waals surface area contributed by atoms with E-state index >= 15 is 0 Å². The molecule has 0 bridgehead atoms. The zero-order valence-electron chi connectivity index (χ0n) is 19.0. The number of nitrogens with one attached hydrogen (secondary N) is 3. The molecule has 3 saturated heterocycles. The summed E-state index contributed by atoms with van der Waals surface area (Å²) in [5.74, 6) is -1.94. The Bertz CT molecular complexity index is 1050. The van der Waals surface area contributed by atoms with E-state index in [9.17, 15) is 24.0 Å². The van der Waals surface area contributed by atoms with Crippen molar-refractivity contribution in [2.45, 2.75) is 50.6 Å². The summed E-state index contributed by atoms with van der Waals surface area (Å²) in [6, 6.07) is 4.20. The van der Waals surface area contributed by atoms with E-state index in [0.29, 0.717) is 13.1 Å². The molecule has 10 nitrogen and oxygen atoms in total. The number of carbonyl (C=O) groups excluding carboxylic acids is 5. The SMILES string of the molecule is O=C1CCC(N2C(=O)c3ccc(N4CCCC(NC(=O)C5CCCNC5)C4)cc3C2=O)C(=O)N1. The Balaban J connectivity index is 1.28. The van der Waals surface area contributed by atoms with E-state index in [2.05, 4.69) is 20.9 Å². The van der Waals surface area contributed by atoms with Crippen molar-refractivity contribution in [2.75, 3.05) is 31.1 Å². The highest BCUT2D eigenvalue weighted by Gasteiger charge is 2.44. The van der Waals surface area contributed by atoms with E-state index in [1.807, 2.05) is 6.07 Å². The number of hydrogen-bond donors (Lipinski definition) is 3. The van der Waals surface area contributed by atoms with E-state index in [1.165, 1.54) is 0 Å². The van der Waals surface area contributed by atoms with Crippen molar-refractivity contribution in [2.24, 2.45) is 5.92 Å².